The lowest BCUT2D eigenvalue weighted by Gasteiger charge is -1.89. The second kappa shape index (κ2) is 3.64. The number of halogens is 2. The maximum absolute atomic E-state index is 4.86. The van der Waals surface area contributed by atoms with Gasteiger partial charge in [0.15, 0.2) is 5.82 Å². The Morgan fingerprint density at radius 2 is 2.15 bits per heavy atom. The van der Waals surface area contributed by atoms with Crippen LogP contribution in [0.4, 0.5) is 0 Å². The summed E-state index contributed by atoms with van der Waals surface area (Å²) in [4.78, 5) is 4.11. The molecule has 13 heavy (non-hydrogen) atoms. The third-order valence-corrected chi connectivity index (χ3v) is 3.95. The van der Waals surface area contributed by atoms with Gasteiger partial charge < -0.3 is 0 Å². The Labute approximate surface area is 99.8 Å². The van der Waals surface area contributed by atoms with Gasteiger partial charge in [-0.05, 0) is 50.1 Å². The van der Waals surface area contributed by atoms with Crippen molar-refractivity contribution in [3.8, 4) is 11.4 Å². The second-order valence-electron chi connectivity index (χ2n) is 2.25. The smallest absolute Gasteiger partial charge is 0.213 e. The molecule has 0 amide bonds. The minimum atomic E-state index is 0.462. The summed E-state index contributed by atoms with van der Waals surface area (Å²) in [5.41, 5.74) is 1.00. The van der Waals surface area contributed by atoms with Gasteiger partial charge in [-0.25, -0.2) is 0 Å². The van der Waals surface area contributed by atoms with Gasteiger partial charge in [0.25, 0.3) is 0 Å². The second-order valence-corrected chi connectivity index (χ2v) is 6.39. The molecule has 7 heteroatoms. The van der Waals surface area contributed by atoms with Crippen molar-refractivity contribution in [3.63, 3.8) is 0 Å². The van der Waals surface area contributed by atoms with Gasteiger partial charge in [-0.3, -0.25) is 10.2 Å². The summed E-state index contributed by atoms with van der Waals surface area (Å²) in [5.74, 6) is 0.749. The molecule has 2 N–H and O–H groups in total. The molecule has 0 atom stereocenters. The van der Waals surface area contributed by atoms with Gasteiger partial charge in [0.1, 0.15) is 0 Å². The summed E-state index contributed by atoms with van der Waals surface area (Å²) in [6.07, 6.45) is 0. The van der Waals surface area contributed by atoms with E-state index in [1.165, 1.54) is 0 Å². The number of hydrogen-bond donors (Lipinski definition) is 2. The molecule has 0 bridgehead atoms. The van der Waals surface area contributed by atoms with Crippen molar-refractivity contribution in [3.05, 3.63) is 18.4 Å². The Bertz CT molecular complexity index is 484. The van der Waals surface area contributed by atoms with E-state index < -0.39 is 0 Å². The normalized spacial score (nSPS) is 10.6. The van der Waals surface area contributed by atoms with Crippen LogP contribution in [0.5, 0.6) is 0 Å². The molecule has 0 unspecified atom stereocenters. The van der Waals surface area contributed by atoms with Crippen molar-refractivity contribution in [2.24, 2.45) is 0 Å². The number of nitrogens with one attached hydrogen (secondary N) is 2. The molecule has 0 spiro atoms. The Morgan fingerprint density at radius 1 is 1.38 bits per heavy atom. The van der Waals surface area contributed by atoms with Gasteiger partial charge in [0.2, 0.25) is 4.77 Å². The van der Waals surface area contributed by atoms with Gasteiger partial charge >= 0.3 is 0 Å². The molecule has 2 rings (SSSR count). The van der Waals surface area contributed by atoms with E-state index in [4.69, 9.17) is 12.2 Å². The molecule has 68 valence electrons. The standard InChI is InChI=1S/C6H3Br2N3S2/c7-3-1-2(4(8)13-3)5-9-6(12)11-10-5/h1H,(H2,9,10,11,12). The number of rotatable bonds is 1. The average molecular weight is 341 g/mol. The molecule has 2 aromatic heterocycles. The lowest BCUT2D eigenvalue weighted by atomic mass is 10.3. The van der Waals surface area contributed by atoms with E-state index in [0.717, 1.165) is 19.0 Å². The van der Waals surface area contributed by atoms with E-state index in [1.807, 2.05) is 6.07 Å². The summed E-state index contributed by atoms with van der Waals surface area (Å²) < 4.78 is 2.54. The van der Waals surface area contributed by atoms with E-state index in [0.29, 0.717) is 4.77 Å². The van der Waals surface area contributed by atoms with Crippen molar-refractivity contribution in [2.75, 3.05) is 0 Å². The zero-order valence-corrected chi connectivity index (χ0v) is 10.9. The first-order valence-corrected chi connectivity index (χ1v) is 6.08. The molecule has 2 aromatic rings. The summed E-state index contributed by atoms with van der Waals surface area (Å²) in [7, 11) is 0. The number of H-pyrrole nitrogens is 2. The maximum atomic E-state index is 4.86. The summed E-state index contributed by atoms with van der Waals surface area (Å²) >= 11 is 13.3. The van der Waals surface area contributed by atoms with E-state index in [-0.39, 0.29) is 0 Å². The SMILES string of the molecule is S=c1nc(-c2cc(Br)sc2Br)[nH][nH]1. The average Bonchev–Trinajstić information content (AvgIpc) is 2.58. The Balaban J connectivity index is 2.57. The van der Waals surface area contributed by atoms with E-state index >= 15 is 0 Å². The topological polar surface area (TPSA) is 44.5 Å². The highest BCUT2D eigenvalue weighted by Crippen LogP contribution is 2.36. The molecule has 0 fully saturated rings. The lowest BCUT2D eigenvalue weighted by Crippen LogP contribution is -1.76. The highest BCUT2D eigenvalue weighted by Gasteiger charge is 2.09. The predicted octanol–water partition coefficient (Wildman–Crippen LogP) is 3.72. The molecule has 0 aliphatic heterocycles. The molecule has 0 aromatic carbocycles. The molecule has 0 aliphatic carbocycles. The number of thiophene rings is 1. The van der Waals surface area contributed by atoms with Crippen LogP contribution in [-0.2, 0) is 0 Å². The van der Waals surface area contributed by atoms with Crippen LogP contribution in [0.3, 0.4) is 0 Å². The molecular formula is C6H3Br2N3S2. The molecular weight excluding hydrogens is 338 g/mol. The van der Waals surface area contributed by atoms with Crippen molar-refractivity contribution in [1.82, 2.24) is 15.2 Å². The molecule has 0 aliphatic rings. The fourth-order valence-corrected chi connectivity index (χ4v) is 3.85. The highest BCUT2D eigenvalue weighted by atomic mass is 79.9. The van der Waals surface area contributed by atoms with E-state index in [2.05, 4.69) is 47.0 Å². The number of hydrogen-bond acceptors (Lipinski definition) is 3. The van der Waals surface area contributed by atoms with Crippen LogP contribution in [0.25, 0.3) is 11.4 Å². The highest BCUT2D eigenvalue weighted by molar-refractivity contribution is 9.12. The minimum absolute atomic E-state index is 0.462. The Morgan fingerprint density at radius 3 is 2.62 bits per heavy atom. The van der Waals surface area contributed by atoms with Gasteiger partial charge in [-0.15, -0.1) is 11.3 Å². The van der Waals surface area contributed by atoms with Crippen molar-refractivity contribution >= 4 is 55.4 Å². The largest absolute Gasteiger partial charge is 0.282 e. The van der Waals surface area contributed by atoms with Crippen LogP contribution < -0.4 is 0 Å². The third-order valence-electron chi connectivity index (χ3n) is 1.41. The molecule has 0 radical (unpaired) electrons. The number of nitrogens with zero attached hydrogens (tertiary/aromatic N) is 1. The number of aromatic nitrogens is 3. The van der Waals surface area contributed by atoms with Crippen LogP contribution in [0.15, 0.2) is 13.6 Å². The minimum Gasteiger partial charge on any atom is -0.282 e. The summed E-state index contributed by atoms with van der Waals surface area (Å²) in [6, 6.07) is 1.98. The van der Waals surface area contributed by atoms with Crippen molar-refractivity contribution in [1.29, 1.82) is 0 Å². The van der Waals surface area contributed by atoms with Crippen LogP contribution in [0, 0.1) is 4.77 Å². The van der Waals surface area contributed by atoms with Gasteiger partial charge in [-0.2, -0.15) is 4.98 Å². The molecule has 0 saturated heterocycles. The monoisotopic (exact) mass is 339 g/mol. The van der Waals surface area contributed by atoms with Crippen LogP contribution in [0.1, 0.15) is 0 Å². The fraction of sp³-hybridized carbons (Fsp3) is 0. The van der Waals surface area contributed by atoms with Crippen molar-refractivity contribution < 1.29 is 0 Å². The van der Waals surface area contributed by atoms with E-state index in [9.17, 15) is 0 Å². The number of aromatic amines is 2. The zero-order chi connectivity index (χ0) is 9.42. The third kappa shape index (κ3) is 1.93. The van der Waals surface area contributed by atoms with E-state index in [1.54, 1.807) is 11.3 Å². The molecule has 0 saturated carbocycles. The maximum Gasteiger partial charge on any atom is 0.213 e. The quantitative estimate of drug-likeness (QED) is 0.777. The van der Waals surface area contributed by atoms with Gasteiger partial charge in [0, 0.05) is 5.56 Å². The van der Waals surface area contributed by atoms with Crippen LogP contribution in [-0.4, -0.2) is 15.2 Å². The van der Waals surface area contributed by atoms with Crippen molar-refractivity contribution in [2.45, 2.75) is 0 Å². The van der Waals surface area contributed by atoms with Crippen LogP contribution >= 0.6 is 55.4 Å². The Kier molecular flexibility index (Phi) is 2.68. The molecule has 3 nitrogen and oxygen atoms in total. The van der Waals surface area contributed by atoms with Gasteiger partial charge in [-0.1, -0.05) is 0 Å². The summed E-state index contributed by atoms with van der Waals surface area (Å²) in [6.45, 7) is 0. The van der Waals surface area contributed by atoms with Gasteiger partial charge in [0.05, 0.1) is 7.57 Å². The Hall–Kier alpha value is 0.0200. The van der Waals surface area contributed by atoms with Crippen LogP contribution in [0.2, 0.25) is 0 Å². The molecule has 2 heterocycles. The fourth-order valence-electron chi connectivity index (χ4n) is 0.899. The first-order valence-electron chi connectivity index (χ1n) is 3.26. The first kappa shape index (κ1) is 9.57. The first-order chi connectivity index (χ1) is 6.16. The zero-order valence-electron chi connectivity index (χ0n) is 6.10. The lowest BCUT2D eigenvalue weighted by molar-refractivity contribution is 1.08. The summed E-state index contributed by atoms with van der Waals surface area (Å²) in [5, 5.41) is 5.64. The predicted molar refractivity (Wildman–Crippen MR) is 62.5 cm³/mol.